The third-order valence-corrected chi connectivity index (χ3v) is 4.69. The number of likely N-dealkylation sites (tertiary alicyclic amines) is 1. The van der Waals surface area contributed by atoms with Gasteiger partial charge in [-0.25, -0.2) is 4.99 Å². The number of carbonyl (C=O) groups excluding carboxylic acids is 1. The molecule has 3 rings (SSSR count). The highest BCUT2D eigenvalue weighted by atomic mass is 35.5. The standard InChI is InChI=1S/C19H25ClN6O2/c1-3-17(27)26-9-8-15(12-26)23-19(21-4-2)22-11-16-24-18(25-28-16)13-6-5-7-14(20)10-13/h5-7,10,15H,3-4,8-9,11-12H2,1-2H3,(H2,21,22,23). The third-order valence-electron chi connectivity index (χ3n) is 4.45. The van der Waals surface area contributed by atoms with E-state index in [0.29, 0.717) is 35.7 Å². The molecule has 0 bridgehead atoms. The highest BCUT2D eigenvalue weighted by Crippen LogP contribution is 2.20. The van der Waals surface area contributed by atoms with Crippen LogP contribution in [0.2, 0.25) is 5.02 Å². The van der Waals surface area contributed by atoms with E-state index in [1.54, 1.807) is 12.1 Å². The molecular formula is C19H25ClN6O2. The van der Waals surface area contributed by atoms with E-state index in [1.807, 2.05) is 30.9 Å². The van der Waals surface area contributed by atoms with Crippen molar-refractivity contribution in [3.8, 4) is 11.4 Å². The number of hydrogen-bond donors (Lipinski definition) is 2. The second-order valence-electron chi connectivity index (χ2n) is 6.54. The predicted molar refractivity (Wildman–Crippen MR) is 108 cm³/mol. The summed E-state index contributed by atoms with van der Waals surface area (Å²) in [6.45, 7) is 6.34. The Morgan fingerprint density at radius 2 is 2.29 bits per heavy atom. The molecule has 1 amide bonds. The lowest BCUT2D eigenvalue weighted by molar-refractivity contribution is -0.129. The van der Waals surface area contributed by atoms with Crippen LogP contribution in [0.15, 0.2) is 33.8 Å². The molecule has 8 nitrogen and oxygen atoms in total. The Bertz CT molecular complexity index is 837. The minimum Gasteiger partial charge on any atom is -0.357 e. The minimum absolute atomic E-state index is 0.179. The van der Waals surface area contributed by atoms with Crippen molar-refractivity contribution >= 4 is 23.5 Å². The summed E-state index contributed by atoms with van der Waals surface area (Å²) in [4.78, 5) is 22.6. The molecule has 1 saturated heterocycles. The number of aliphatic imine (C=N–C) groups is 1. The Morgan fingerprint density at radius 1 is 1.43 bits per heavy atom. The molecule has 1 aromatic heterocycles. The van der Waals surface area contributed by atoms with Crippen molar-refractivity contribution in [3.63, 3.8) is 0 Å². The van der Waals surface area contributed by atoms with Gasteiger partial charge in [-0.15, -0.1) is 0 Å². The van der Waals surface area contributed by atoms with Gasteiger partial charge in [0.25, 0.3) is 0 Å². The minimum atomic E-state index is 0.179. The fourth-order valence-corrected chi connectivity index (χ4v) is 3.24. The SMILES string of the molecule is CCNC(=NCc1nc(-c2cccc(Cl)c2)no1)NC1CCN(C(=O)CC)C1. The van der Waals surface area contributed by atoms with Crippen LogP contribution in [0.5, 0.6) is 0 Å². The van der Waals surface area contributed by atoms with Gasteiger partial charge in [0, 0.05) is 42.7 Å². The number of rotatable bonds is 6. The van der Waals surface area contributed by atoms with Crippen LogP contribution in [-0.4, -0.2) is 52.6 Å². The van der Waals surface area contributed by atoms with Gasteiger partial charge >= 0.3 is 0 Å². The molecule has 1 fully saturated rings. The van der Waals surface area contributed by atoms with Crippen LogP contribution >= 0.6 is 11.6 Å². The summed E-state index contributed by atoms with van der Waals surface area (Å²) < 4.78 is 5.30. The molecule has 1 unspecified atom stereocenters. The van der Waals surface area contributed by atoms with Gasteiger partial charge in [-0.3, -0.25) is 4.79 Å². The number of guanidine groups is 1. The average Bonchev–Trinajstić information content (AvgIpc) is 3.35. The second-order valence-corrected chi connectivity index (χ2v) is 6.98. The van der Waals surface area contributed by atoms with Crippen molar-refractivity contribution in [2.24, 2.45) is 4.99 Å². The summed E-state index contributed by atoms with van der Waals surface area (Å²) in [5.74, 6) is 1.75. The third kappa shape index (κ3) is 5.22. The van der Waals surface area contributed by atoms with E-state index in [-0.39, 0.29) is 18.5 Å². The maximum Gasteiger partial charge on any atom is 0.248 e. The molecule has 0 radical (unpaired) electrons. The van der Waals surface area contributed by atoms with Crippen molar-refractivity contribution in [3.05, 3.63) is 35.2 Å². The number of amides is 1. The van der Waals surface area contributed by atoms with Crippen molar-refractivity contribution in [1.29, 1.82) is 0 Å². The van der Waals surface area contributed by atoms with Crippen LogP contribution in [0.25, 0.3) is 11.4 Å². The molecule has 1 atom stereocenters. The number of nitrogens with zero attached hydrogens (tertiary/aromatic N) is 4. The first-order valence-electron chi connectivity index (χ1n) is 9.50. The summed E-state index contributed by atoms with van der Waals surface area (Å²) in [5, 5.41) is 11.2. The summed E-state index contributed by atoms with van der Waals surface area (Å²) in [6.07, 6.45) is 1.43. The van der Waals surface area contributed by atoms with Gasteiger partial charge < -0.3 is 20.1 Å². The van der Waals surface area contributed by atoms with E-state index < -0.39 is 0 Å². The van der Waals surface area contributed by atoms with Gasteiger partial charge in [0.05, 0.1) is 0 Å². The zero-order valence-corrected chi connectivity index (χ0v) is 16.9. The first-order chi connectivity index (χ1) is 13.6. The molecule has 2 aromatic rings. The molecule has 28 heavy (non-hydrogen) atoms. The molecular weight excluding hydrogens is 380 g/mol. The van der Waals surface area contributed by atoms with E-state index in [9.17, 15) is 4.79 Å². The van der Waals surface area contributed by atoms with E-state index in [4.69, 9.17) is 16.1 Å². The zero-order valence-electron chi connectivity index (χ0n) is 16.1. The highest BCUT2D eigenvalue weighted by Gasteiger charge is 2.25. The fraction of sp³-hybridized carbons (Fsp3) is 0.474. The Labute approximate surface area is 169 Å². The predicted octanol–water partition coefficient (Wildman–Crippen LogP) is 2.46. The zero-order chi connectivity index (χ0) is 19.9. The average molecular weight is 405 g/mol. The first kappa shape index (κ1) is 20.1. The van der Waals surface area contributed by atoms with Gasteiger partial charge in [0.15, 0.2) is 5.96 Å². The molecule has 2 heterocycles. The Balaban J connectivity index is 1.61. The summed E-state index contributed by atoms with van der Waals surface area (Å²) in [6, 6.07) is 7.47. The van der Waals surface area contributed by atoms with Crippen LogP contribution < -0.4 is 10.6 Å². The Kier molecular flexibility index (Phi) is 6.86. The van der Waals surface area contributed by atoms with Crippen LogP contribution in [0, 0.1) is 0 Å². The first-order valence-corrected chi connectivity index (χ1v) is 9.88. The smallest absolute Gasteiger partial charge is 0.248 e. The topological polar surface area (TPSA) is 95.7 Å². The number of nitrogens with one attached hydrogen (secondary N) is 2. The Morgan fingerprint density at radius 3 is 3.04 bits per heavy atom. The molecule has 1 aliphatic heterocycles. The lowest BCUT2D eigenvalue weighted by Crippen LogP contribution is -2.45. The number of hydrogen-bond acceptors (Lipinski definition) is 5. The van der Waals surface area contributed by atoms with E-state index >= 15 is 0 Å². The summed E-state index contributed by atoms with van der Waals surface area (Å²) >= 11 is 6.01. The van der Waals surface area contributed by atoms with E-state index in [1.165, 1.54) is 0 Å². The molecule has 150 valence electrons. The van der Waals surface area contributed by atoms with Crippen LogP contribution in [-0.2, 0) is 11.3 Å². The largest absolute Gasteiger partial charge is 0.357 e. The number of carbonyl (C=O) groups is 1. The lowest BCUT2D eigenvalue weighted by Gasteiger charge is -2.18. The van der Waals surface area contributed by atoms with Gasteiger partial charge in [-0.2, -0.15) is 4.98 Å². The van der Waals surface area contributed by atoms with Crippen molar-refractivity contribution in [2.75, 3.05) is 19.6 Å². The van der Waals surface area contributed by atoms with Gasteiger partial charge in [-0.1, -0.05) is 35.8 Å². The van der Waals surface area contributed by atoms with Crippen molar-refractivity contribution in [2.45, 2.75) is 39.3 Å². The van der Waals surface area contributed by atoms with Crippen LogP contribution in [0.3, 0.4) is 0 Å². The van der Waals surface area contributed by atoms with Crippen LogP contribution in [0.1, 0.15) is 32.6 Å². The van der Waals surface area contributed by atoms with E-state index in [0.717, 1.165) is 25.1 Å². The molecule has 0 spiro atoms. The van der Waals surface area contributed by atoms with Crippen molar-refractivity contribution < 1.29 is 9.32 Å². The van der Waals surface area contributed by atoms with Crippen LogP contribution in [0.4, 0.5) is 0 Å². The lowest BCUT2D eigenvalue weighted by atomic mass is 10.2. The molecule has 9 heteroatoms. The monoisotopic (exact) mass is 404 g/mol. The maximum atomic E-state index is 11.8. The van der Waals surface area contributed by atoms with Gasteiger partial charge in [0.2, 0.25) is 17.6 Å². The number of aromatic nitrogens is 2. The number of benzene rings is 1. The summed E-state index contributed by atoms with van der Waals surface area (Å²) in [7, 11) is 0. The van der Waals surface area contributed by atoms with Gasteiger partial charge in [0.1, 0.15) is 6.54 Å². The fourth-order valence-electron chi connectivity index (χ4n) is 3.05. The summed E-state index contributed by atoms with van der Waals surface area (Å²) in [5.41, 5.74) is 0.795. The molecule has 2 N–H and O–H groups in total. The molecule has 0 saturated carbocycles. The maximum absolute atomic E-state index is 11.8. The molecule has 1 aromatic carbocycles. The molecule has 1 aliphatic rings. The van der Waals surface area contributed by atoms with Crippen molar-refractivity contribution in [1.82, 2.24) is 25.7 Å². The second kappa shape index (κ2) is 9.54. The Hall–Kier alpha value is -2.61. The quantitative estimate of drug-likeness (QED) is 0.567. The van der Waals surface area contributed by atoms with E-state index in [2.05, 4.69) is 25.8 Å². The van der Waals surface area contributed by atoms with Gasteiger partial charge in [-0.05, 0) is 25.5 Å². The number of halogens is 1. The molecule has 0 aliphatic carbocycles. The highest BCUT2D eigenvalue weighted by molar-refractivity contribution is 6.30. The normalized spacial score (nSPS) is 17.0.